The largest absolute Gasteiger partial charge is 0.369 e. The van der Waals surface area contributed by atoms with Gasteiger partial charge in [-0.3, -0.25) is 0 Å². The smallest absolute Gasteiger partial charge is 0.126 e. The van der Waals surface area contributed by atoms with Crippen molar-refractivity contribution in [2.45, 2.75) is 33.2 Å². The average Bonchev–Trinajstić information content (AvgIpc) is 2.14. The molecule has 0 aliphatic rings. The molecule has 1 unspecified atom stereocenters. The van der Waals surface area contributed by atoms with Crippen LogP contribution in [0, 0.1) is 5.41 Å². The van der Waals surface area contributed by atoms with Crippen molar-refractivity contribution in [3.63, 3.8) is 0 Å². The highest BCUT2D eigenvalue weighted by Gasteiger charge is 2.15. The van der Waals surface area contributed by atoms with Crippen molar-refractivity contribution in [2.24, 2.45) is 11.1 Å². The normalized spacial score (nSPS) is 13.6. The molecular weight excluding hydrogens is 266 g/mol. The summed E-state index contributed by atoms with van der Waals surface area (Å²) in [4.78, 5) is 4.23. The third-order valence-electron chi connectivity index (χ3n) is 2.15. The van der Waals surface area contributed by atoms with Gasteiger partial charge in [-0.2, -0.15) is 0 Å². The zero-order chi connectivity index (χ0) is 12.2. The maximum Gasteiger partial charge on any atom is 0.126 e. The van der Waals surface area contributed by atoms with E-state index >= 15 is 0 Å². The highest BCUT2D eigenvalue weighted by Crippen LogP contribution is 2.20. The second-order valence-corrected chi connectivity index (χ2v) is 6.18. The second-order valence-electron chi connectivity index (χ2n) is 5.27. The minimum atomic E-state index is 0.158. The molecule has 0 saturated carbocycles. The van der Waals surface area contributed by atoms with Gasteiger partial charge in [-0.25, -0.2) is 4.98 Å². The summed E-state index contributed by atoms with van der Waals surface area (Å²) in [6.45, 7) is 7.35. The van der Waals surface area contributed by atoms with Crippen LogP contribution < -0.4 is 11.1 Å². The first-order valence-corrected chi connectivity index (χ1v) is 6.27. The van der Waals surface area contributed by atoms with Gasteiger partial charge in [-0.05, 0) is 39.9 Å². The Morgan fingerprint density at radius 1 is 1.44 bits per heavy atom. The molecule has 90 valence electrons. The molecule has 0 saturated heterocycles. The number of nitrogens with zero attached hydrogens (tertiary/aromatic N) is 1. The lowest BCUT2D eigenvalue weighted by Crippen LogP contribution is -2.33. The van der Waals surface area contributed by atoms with E-state index in [4.69, 9.17) is 5.73 Å². The topological polar surface area (TPSA) is 50.9 Å². The number of pyridine rings is 1. The Morgan fingerprint density at radius 3 is 2.62 bits per heavy atom. The fourth-order valence-electron chi connectivity index (χ4n) is 1.57. The summed E-state index contributed by atoms with van der Waals surface area (Å²) in [5.41, 5.74) is 6.31. The summed E-state index contributed by atoms with van der Waals surface area (Å²) >= 11 is 3.35. The Hall–Kier alpha value is -0.610. The zero-order valence-corrected chi connectivity index (χ0v) is 11.7. The first-order chi connectivity index (χ1) is 7.37. The Kier molecular flexibility index (Phi) is 4.74. The maximum atomic E-state index is 6.04. The lowest BCUT2D eigenvalue weighted by molar-refractivity contribution is 0.344. The molecule has 16 heavy (non-hydrogen) atoms. The molecule has 3 N–H and O–H groups in total. The first kappa shape index (κ1) is 13.5. The molecule has 3 nitrogen and oxygen atoms in total. The van der Waals surface area contributed by atoms with Crippen molar-refractivity contribution < 1.29 is 0 Å². The van der Waals surface area contributed by atoms with Crippen LogP contribution in [-0.4, -0.2) is 17.6 Å². The van der Waals surface area contributed by atoms with E-state index < -0.39 is 0 Å². The zero-order valence-electron chi connectivity index (χ0n) is 10.1. The van der Waals surface area contributed by atoms with Gasteiger partial charge in [0.2, 0.25) is 0 Å². The van der Waals surface area contributed by atoms with E-state index in [9.17, 15) is 0 Å². The fourth-order valence-corrected chi connectivity index (χ4v) is 1.81. The highest BCUT2D eigenvalue weighted by atomic mass is 79.9. The number of nitrogens with one attached hydrogen (secondary N) is 1. The van der Waals surface area contributed by atoms with E-state index in [1.807, 2.05) is 12.1 Å². The van der Waals surface area contributed by atoms with E-state index in [2.05, 4.69) is 47.0 Å². The second kappa shape index (κ2) is 5.64. The molecular formula is C12H20BrN3. The molecule has 0 bridgehead atoms. The third-order valence-corrected chi connectivity index (χ3v) is 2.62. The van der Waals surface area contributed by atoms with Gasteiger partial charge in [-0.15, -0.1) is 0 Å². The van der Waals surface area contributed by atoms with Crippen molar-refractivity contribution in [3.05, 3.63) is 22.8 Å². The predicted octanol–water partition coefficient (Wildman–Crippen LogP) is 3.02. The highest BCUT2D eigenvalue weighted by molar-refractivity contribution is 9.10. The van der Waals surface area contributed by atoms with Gasteiger partial charge < -0.3 is 11.1 Å². The molecule has 1 atom stereocenters. The fraction of sp³-hybridized carbons (Fsp3) is 0.583. The van der Waals surface area contributed by atoms with Crippen LogP contribution in [0.1, 0.15) is 27.2 Å². The van der Waals surface area contributed by atoms with Gasteiger partial charge in [0.1, 0.15) is 5.82 Å². The van der Waals surface area contributed by atoms with Crippen molar-refractivity contribution in [3.8, 4) is 0 Å². The SMILES string of the molecule is CC(C)(C)CC(N)CNc1ccc(Br)cn1. The number of aromatic nitrogens is 1. The maximum absolute atomic E-state index is 6.04. The van der Waals surface area contributed by atoms with Crippen LogP contribution >= 0.6 is 15.9 Å². The Balaban J connectivity index is 2.37. The van der Waals surface area contributed by atoms with Gasteiger partial charge in [0.25, 0.3) is 0 Å². The lowest BCUT2D eigenvalue weighted by atomic mass is 9.88. The van der Waals surface area contributed by atoms with E-state index in [1.54, 1.807) is 6.20 Å². The van der Waals surface area contributed by atoms with Gasteiger partial charge in [0.05, 0.1) is 0 Å². The summed E-state index contributed by atoms with van der Waals surface area (Å²) in [6, 6.07) is 4.06. The van der Waals surface area contributed by atoms with Crippen LogP contribution in [0.3, 0.4) is 0 Å². The Morgan fingerprint density at radius 2 is 2.12 bits per heavy atom. The van der Waals surface area contributed by atoms with Gasteiger partial charge in [0.15, 0.2) is 0 Å². The molecule has 0 spiro atoms. The van der Waals surface area contributed by atoms with Gasteiger partial charge >= 0.3 is 0 Å². The molecule has 0 radical (unpaired) electrons. The first-order valence-electron chi connectivity index (χ1n) is 5.48. The number of rotatable bonds is 4. The van der Waals surface area contributed by atoms with E-state index in [1.165, 1.54) is 0 Å². The number of halogens is 1. The summed E-state index contributed by atoms with van der Waals surface area (Å²) < 4.78 is 0.983. The Bertz CT molecular complexity index is 316. The van der Waals surface area contributed by atoms with Crippen molar-refractivity contribution in [2.75, 3.05) is 11.9 Å². The van der Waals surface area contributed by atoms with Crippen LogP contribution in [0.25, 0.3) is 0 Å². The number of nitrogens with two attached hydrogens (primary N) is 1. The standard InChI is InChI=1S/C12H20BrN3/c1-12(2,3)6-10(14)8-16-11-5-4-9(13)7-15-11/h4-5,7,10H,6,8,14H2,1-3H3,(H,15,16). The minimum Gasteiger partial charge on any atom is -0.369 e. The van der Waals surface area contributed by atoms with E-state index in [0.717, 1.165) is 23.3 Å². The van der Waals surface area contributed by atoms with Crippen LogP contribution in [-0.2, 0) is 0 Å². The van der Waals surface area contributed by atoms with Crippen molar-refractivity contribution in [1.82, 2.24) is 4.98 Å². The molecule has 0 fully saturated rings. The molecule has 0 aliphatic heterocycles. The predicted molar refractivity (Wildman–Crippen MR) is 72.5 cm³/mol. The quantitative estimate of drug-likeness (QED) is 0.894. The lowest BCUT2D eigenvalue weighted by Gasteiger charge is -2.23. The van der Waals surface area contributed by atoms with E-state index in [0.29, 0.717) is 0 Å². The molecule has 0 amide bonds. The van der Waals surface area contributed by atoms with Gasteiger partial charge in [-0.1, -0.05) is 20.8 Å². The van der Waals surface area contributed by atoms with Gasteiger partial charge in [0, 0.05) is 23.3 Å². The average molecular weight is 286 g/mol. The van der Waals surface area contributed by atoms with Crippen LogP contribution in [0.2, 0.25) is 0 Å². The summed E-state index contributed by atoms with van der Waals surface area (Å²) in [6.07, 6.45) is 2.77. The molecule has 1 rings (SSSR count). The minimum absolute atomic E-state index is 0.158. The molecule has 0 aromatic carbocycles. The summed E-state index contributed by atoms with van der Waals surface area (Å²) in [7, 11) is 0. The molecule has 1 aromatic heterocycles. The number of hydrogen-bond acceptors (Lipinski definition) is 3. The summed E-state index contributed by atoms with van der Waals surface area (Å²) in [5, 5.41) is 3.24. The third kappa shape index (κ3) is 5.47. The number of hydrogen-bond donors (Lipinski definition) is 2. The van der Waals surface area contributed by atoms with Crippen molar-refractivity contribution >= 4 is 21.7 Å². The molecule has 4 heteroatoms. The van der Waals surface area contributed by atoms with Crippen LogP contribution in [0.4, 0.5) is 5.82 Å². The van der Waals surface area contributed by atoms with Crippen molar-refractivity contribution in [1.29, 1.82) is 0 Å². The molecule has 1 aromatic rings. The van der Waals surface area contributed by atoms with Crippen LogP contribution in [0.5, 0.6) is 0 Å². The summed E-state index contributed by atoms with van der Waals surface area (Å²) in [5.74, 6) is 0.868. The number of anilines is 1. The molecule has 0 aliphatic carbocycles. The monoisotopic (exact) mass is 285 g/mol. The van der Waals surface area contributed by atoms with E-state index in [-0.39, 0.29) is 11.5 Å². The molecule has 1 heterocycles. The Labute approximate surface area is 106 Å². The van der Waals surface area contributed by atoms with Crippen LogP contribution in [0.15, 0.2) is 22.8 Å².